The van der Waals surface area contributed by atoms with Crippen LogP contribution in [-0.4, -0.2) is 25.6 Å². The lowest BCUT2D eigenvalue weighted by Gasteiger charge is -2.35. The van der Waals surface area contributed by atoms with Crippen LogP contribution in [0.3, 0.4) is 0 Å². The third kappa shape index (κ3) is 3.29. The number of rotatable bonds is 2. The van der Waals surface area contributed by atoms with Crippen molar-refractivity contribution in [3.63, 3.8) is 0 Å². The van der Waals surface area contributed by atoms with Gasteiger partial charge in [-0.05, 0) is 47.0 Å². The summed E-state index contributed by atoms with van der Waals surface area (Å²) in [5.41, 5.74) is 1.21. The van der Waals surface area contributed by atoms with E-state index in [1.54, 1.807) is 23.1 Å². The summed E-state index contributed by atoms with van der Waals surface area (Å²) in [6.07, 6.45) is -2.73. The molecule has 1 heterocycles. The molecule has 0 saturated carbocycles. The molecule has 0 amide bonds. The van der Waals surface area contributed by atoms with Crippen molar-refractivity contribution in [1.82, 2.24) is 0 Å². The number of carbonyl (C=O) groups is 1. The van der Waals surface area contributed by atoms with Gasteiger partial charge in [0.05, 0.1) is 11.6 Å². The smallest absolute Gasteiger partial charge is 0.370 e. The number of alkyl halides is 3. The molecule has 1 saturated heterocycles. The van der Waals surface area contributed by atoms with Crippen molar-refractivity contribution in [2.75, 3.05) is 18.0 Å². The maximum atomic E-state index is 12.8. The van der Waals surface area contributed by atoms with Gasteiger partial charge in [0.2, 0.25) is 0 Å². The van der Waals surface area contributed by atoms with Crippen molar-refractivity contribution in [1.29, 1.82) is 0 Å². The molecule has 2 rings (SSSR count). The third-order valence-corrected chi connectivity index (χ3v) is 3.97. The molecule has 1 unspecified atom stereocenters. The summed E-state index contributed by atoms with van der Waals surface area (Å²) in [6.45, 7) is 0.578. The zero-order valence-corrected chi connectivity index (χ0v) is 11.7. The molecule has 0 spiro atoms. The number of hydrogen-bond acceptors (Lipinski definition) is 2. The van der Waals surface area contributed by atoms with Gasteiger partial charge in [0.1, 0.15) is 6.29 Å². The predicted molar refractivity (Wildman–Crippen MR) is 70.5 cm³/mol. The molecular formula is C13H13BrF3NO. The zero-order chi connectivity index (χ0) is 14.0. The van der Waals surface area contributed by atoms with Crippen LogP contribution in [0.15, 0.2) is 22.7 Å². The van der Waals surface area contributed by atoms with Crippen LogP contribution in [0.25, 0.3) is 0 Å². The molecule has 0 N–H and O–H groups in total. The van der Waals surface area contributed by atoms with Gasteiger partial charge in [0.25, 0.3) is 0 Å². The number of aldehydes is 1. The van der Waals surface area contributed by atoms with Crippen LogP contribution in [-0.2, 0) is 0 Å². The zero-order valence-electron chi connectivity index (χ0n) is 10.1. The maximum Gasteiger partial charge on any atom is 0.393 e. The standard InChI is InChI=1S/C13H13BrF3NO/c14-11-6-9(8-19)3-4-12(11)18-5-1-2-10(7-18)13(15,16)17/h3-4,6,8,10H,1-2,5,7H2. The minimum Gasteiger partial charge on any atom is -0.370 e. The van der Waals surface area contributed by atoms with Crippen LogP contribution in [0.5, 0.6) is 0 Å². The number of benzene rings is 1. The van der Waals surface area contributed by atoms with Gasteiger partial charge in [0, 0.05) is 23.1 Å². The molecule has 0 aliphatic carbocycles. The van der Waals surface area contributed by atoms with Crippen molar-refractivity contribution in [2.45, 2.75) is 19.0 Å². The Kier molecular flexibility index (Phi) is 4.18. The number of carbonyl (C=O) groups excluding carboxylic acids is 1. The van der Waals surface area contributed by atoms with E-state index in [-0.39, 0.29) is 13.0 Å². The quantitative estimate of drug-likeness (QED) is 0.760. The lowest BCUT2D eigenvalue weighted by molar-refractivity contribution is -0.176. The number of hydrogen-bond donors (Lipinski definition) is 0. The normalized spacial score (nSPS) is 20.4. The first-order valence-electron chi connectivity index (χ1n) is 5.98. The molecule has 1 fully saturated rings. The first-order valence-corrected chi connectivity index (χ1v) is 6.77. The van der Waals surface area contributed by atoms with E-state index in [4.69, 9.17) is 0 Å². The third-order valence-electron chi connectivity index (χ3n) is 3.33. The lowest BCUT2D eigenvalue weighted by atomic mass is 9.97. The Morgan fingerprint density at radius 3 is 2.68 bits per heavy atom. The second kappa shape index (κ2) is 5.53. The van der Waals surface area contributed by atoms with Crippen molar-refractivity contribution in [3.05, 3.63) is 28.2 Å². The van der Waals surface area contributed by atoms with E-state index in [1.807, 2.05) is 0 Å². The maximum absolute atomic E-state index is 12.8. The Bertz CT molecular complexity index is 475. The molecule has 1 aliphatic heterocycles. The van der Waals surface area contributed by atoms with Crippen molar-refractivity contribution >= 4 is 27.9 Å². The number of halogens is 4. The summed E-state index contributed by atoms with van der Waals surface area (Å²) in [5.74, 6) is -1.28. The highest BCUT2D eigenvalue weighted by molar-refractivity contribution is 9.10. The SMILES string of the molecule is O=Cc1ccc(N2CCCC(C(F)(F)F)C2)c(Br)c1. The Hall–Kier alpha value is -1.04. The first-order chi connectivity index (χ1) is 8.91. The molecular weight excluding hydrogens is 323 g/mol. The van der Waals surface area contributed by atoms with E-state index in [1.165, 1.54) is 0 Å². The lowest BCUT2D eigenvalue weighted by Crippen LogP contribution is -2.41. The molecule has 1 aromatic carbocycles. The van der Waals surface area contributed by atoms with E-state index in [0.29, 0.717) is 35.0 Å². The summed E-state index contributed by atoms with van der Waals surface area (Å²) < 4.78 is 38.9. The Morgan fingerprint density at radius 2 is 2.11 bits per heavy atom. The second-order valence-electron chi connectivity index (χ2n) is 4.66. The highest BCUT2D eigenvalue weighted by atomic mass is 79.9. The Morgan fingerprint density at radius 1 is 1.37 bits per heavy atom. The number of piperidine rings is 1. The first kappa shape index (κ1) is 14.4. The molecule has 0 radical (unpaired) electrons. The average molecular weight is 336 g/mol. The minimum atomic E-state index is -4.14. The van der Waals surface area contributed by atoms with E-state index >= 15 is 0 Å². The fourth-order valence-electron chi connectivity index (χ4n) is 2.32. The largest absolute Gasteiger partial charge is 0.393 e. The van der Waals surface area contributed by atoms with E-state index < -0.39 is 12.1 Å². The van der Waals surface area contributed by atoms with Crippen molar-refractivity contribution in [2.24, 2.45) is 5.92 Å². The van der Waals surface area contributed by atoms with Gasteiger partial charge in [0.15, 0.2) is 0 Å². The predicted octanol–water partition coefficient (Wildman–Crippen LogP) is 4.04. The van der Waals surface area contributed by atoms with Crippen LogP contribution >= 0.6 is 15.9 Å². The van der Waals surface area contributed by atoms with Gasteiger partial charge in [-0.15, -0.1) is 0 Å². The van der Waals surface area contributed by atoms with Crippen LogP contribution in [0.4, 0.5) is 18.9 Å². The summed E-state index contributed by atoms with van der Waals surface area (Å²) in [7, 11) is 0. The number of nitrogens with zero attached hydrogens (tertiary/aromatic N) is 1. The monoisotopic (exact) mass is 335 g/mol. The highest BCUT2D eigenvalue weighted by Gasteiger charge is 2.42. The molecule has 0 bridgehead atoms. The van der Waals surface area contributed by atoms with Gasteiger partial charge < -0.3 is 4.90 Å². The fraction of sp³-hybridized carbons (Fsp3) is 0.462. The molecule has 19 heavy (non-hydrogen) atoms. The van der Waals surface area contributed by atoms with Crippen LogP contribution in [0.2, 0.25) is 0 Å². The fourth-order valence-corrected chi connectivity index (χ4v) is 2.96. The molecule has 2 nitrogen and oxygen atoms in total. The van der Waals surface area contributed by atoms with Gasteiger partial charge in [-0.2, -0.15) is 13.2 Å². The van der Waals surface area contributed by atoms with Crippen LogP contribution in [0.1, 0.15) is 23.2 Å². The average Bonchev–Trinajstić information content (AvgIpc) is 2.37. The molecule has 0 aromatic heterocycles. The number of anilines is 1. The van der Waals surface area contributed by atoms with Gasteiger partial charge >= 0.3 is 6.18 Å². The molecule has 1 atom stereocenters. The second-order valence-corrected chi connectivity index (χ2v) is 5.51. The minimum absolute atomic E-state index is 0.0253. The van der Waals surface area contributed by atoms with Gasteiger partial charge in [-0.25, -0.2) is 0 Å². The molecule has 104 valence electrons. The van der Waals surface area contributed by atoms with Crippen LogP contribution < -0.4 is 4.90 Å². The topological polar surface area (TPSA) is 20.3 Å². The van der Waals surface area contributed by atoms with E-state index in [9.17, 15) is 18.0 Å². The van der Waals surface area contributed by atoms with Crippen molar-refractivity contribution in [3.8, 4) is 0 Å². The summed E-state index contributed by atoms with van der Waals surface area (Å²) in [5, 5.41) is 0. The Labute approximate surface area is 117 Å². The van der Waals surface area contributed by atoms with E-state index in [0.717, 1.165) is 0 Å². The van der Waals surface area contributed by atoms with Crippen molar-refractivity contribution < 1.29 is 18.0 Å². The Balaban J connectivity index is 2.20. The van der Waals surface area contributed by atoms with Crippen LogP contribution in [0, 0.1) is 5.92 Å². The molecule has 6 heteroatoms. The van der Waals surface area contributed by atoms with Gasteiger partial charge in [-0.1, -0.05) is 0 Å². The summed E-state index contributed by atoms with van der Waals surface area (Å²) in [4.78, 5) is 12.4. The summed E-state index contributed by atoms with van der Waals surface area (Å²) in [6, 6.07) is 4.93. The summed E-state index contributed by atoms with van der Waals surface area (Å²) >= 11 is 3.31. The highest BCUT2D eigenvalue weighted by Crippen LogP contribution is 2.36. The van der Waals surface area contributed by atoms with Gasteiger partial charge in [-0.3, -0.25) is 4.79 Å². The molecule has 1 aromatic rings. The molecule has 1 aliphatic rings. The van der Waals surface area contributed by atoms with E-state index in [2.05, 4.69) is 15.9 Å².